The molecular weight excluding hydrogens is 411 g/mol. The van der Waals surface area contributed by atoms with E-state index < -0.39 is 16.4 Å². The fourth-order valence-corrected chi connectivity index (χ4v) is 3.17. The van der Waals surface area contributed by atoms with Crippen molar-refractivity contribution in [3.05, 3.63) is 44.9 Å². The minimum Gasteiger partial charge on any atom is -0.430 e. The first kappa shape index (κ1) is 18.5. The molecule has 0 N–H and O–H groups in total. The third-order valence-electron chi connectivity index (χ3n) is 3.77. The lowest BCUT2D eigenvalue weighted by molar-refractivity contribution is -0.385. The number of nitro groups is 1. The predicted molar refractivity (Wildman–Crippen MR) is 95.1 cm³/mol. The van der Waals surface area contributed by atoms with Crippen LogP contribution in [0.2, 0.25) is 0 Å². The lowest BCUT2D eigenvalue weighted by atomic mass is 10.2. The number of morpholine rings is 1. The molecule has 2 heterocycles. The summed E-state index contributed by atoms with van der Waals surface area (Å²) in [7, 11) is 0. The molecule has 1 aromatic carbocycles. The second-order valence-corrected chi connectivity index (χ2v) is 6.86. The maximum atomic E-state index is 14.0. The predicted octanol–water partition coefficient (Wildman–Crippen LogP) is 3.69. The number of hydrogen-bond donors (Lipinski definition) is 0. The third kappa shape index (κ3) is 3.91. The first-order chi connectivity index (χ1) is 12.3. The summed E-state index contributed by atoms with van der Waals surface area (Å²) in [4.78, 5) is 20.7. The van der Waals surface area contributed by atoms with Gasteiger partial charge in [0.15, 0.2) is 11.6 Å². The lowest BCUT2D eigenvalue weighted by Gasteiger charge is -2.35. The van der Waals surface area contributed by atoms with Crippen molar-refractivity contribution in [1.29, 1.82) is 0 Å². The summed E-state index contributed by atoms with van der Waals surface area (Å²) in [6.07, 6.45) is 0.947. The van der Waals surface area contributed by atoms with Gasteiger partial charge < -0.3 is 14.4 Å². The molecule has 0 saturated carbocycles. The van der Waals surface area contributed by atoms with Gasteiger partial charge in [-0.2, -0.15) is 4.98 Å². The molecule has 1 aliphatic rings. The first-order valence-corrected chi connectivity index (χ1v) is 8.67. The molecule has 1 saturated heterocycles. The van der Waals surface area contributed by atoms with Gasteiger partial charge >= 0.3 is 11.6 Å². The molecule has 3 rings (SSSR count). The van der Waals surface area contributed by atoms with Crippen LogP contribution in [0.15, 0.2) is 29.0 Å². The molecule has 0 amide bonds. The number of nitrogens with zero attached hydrogens (tertiary/aromatic N) is 4. The van der Waals surface area contributed by atoms with Gasteiger partial charge in [0.1, 0.15) is 6.33 Å². The van der Waals surface area contributed by atoms with Crippen molar-refractivity contribution in [1.82, 2.24) is 9.97 Å². The molecule has 2 aromatic rings. The molecule has 0 spiro atoms. The molecule has 138 valence electrons. The fourth-order valence-electron chi connectivity index (χ4n) is 2.83. The summed E-state index contributed by atoms with van der Waals surface area (Å²) in [5.74, 6) is -1.01. The average molecular weight is 427 g/mol. The quantitative estimate of drug-likeness (QED) is 0.543. The lowest BCUT2D eigenvalue weighted by Crippen LogP contribution is -2.46. The summed E-state index contributed by atoms with van der Waals surface area (Å²) in [5.41, 5.74) is -0.406. The highest BCUT2D eigenvalue weighted by molar-refractivity contribution is 9.10. The standard InChI is InChI=1S/C16H16BrFN4O4/c1-9-6-21(7-10(2)25-9)15-14(22(23)24)16(20-8-19-15)26-13-4-3-11(17)5-12(13)18/h3-5,8-10H,6-7H2,1-2H3. The zero-order chi connectivity index (χ0) is 18.8. The van der Waals surface area contributed by atoms with Gasteiger partial charge in [-0.3, -0.25) is 10.1 Å². The van der Waals surface area contributed by atoms with E-state index in [0.717, 1.165) is 0 Å². The molecule has 0 aliphatic carbocycles. The number of halogens is 2. The van der Waals surface area contributed by atoms with Crippen LogP contribution >= 0.6 is 15.9 Å². The highest BCUT2D eigenvalue weighted by Crippen LogP contribution is 2.37. The minimum absolute atomic E-state index is 0.110. The molecule has 1 fully saturated rings. The second-order valence-electron chi connectivity index (χ2n) is 5.95. The molecule has 0 radical (unpaired) electrons. The van der Waals surface area contributed by atoms with Crippen LogP contribution < -0.4 is 9.64 Å². The highest BCUT2D eigenvalue weighted by atomic mass is 79.9. The Kier molecular flexibility index (Phi) is 5.33. The maximum Gasteiger partial charge on any atom is 0.373 e. The van der Waals surface area contributed by atoms with Crippen LogP contribution in [-0.2, 0) is 4.74 Å². The van der Waals surface area contributed by atoms with E-state index in [1.807, 2.05) is 13.8 Å². The van der Waals surface area contributed by atoms with E-state index in [1.54, 1.807) is 11.0 Å². The van der Waals surface area contributed by atoms with Crippen molar-refractivity contribution in [2.45, 2.75) is 26.1 Å². The summed E-state index contributed by atoms with van der Waals surface area (Å²) < 4.78 is 25.6. The van der Waals surface area contributed by atoms with Gasteiger partial charge in [-0.1, -0.05) is 15.9 Å². The Balaban J connectivity index is 2.00. The fraction of sp³-hybridized carbons (Fsp3) is 0.375. The number of ether oxygens (including phenoxy) is 2. The van der Waals surface area contributed by atoms with Crippen LogP contribution in [-0.4, -0.2) is 40.2 Å². The van der Waals surface area contributed by atoms with Gasteiger partial charge in [0.25, 0.3) is 0 Å². The van der Waals surface area contributed by atoms with Crippen LogP contribution in [0.25, 0.3) is 0 Å². The van der Waals surface area contributed by atoms with Crippen molar-refractivity contribution in [2.24, 2.45) is 0 Å². The van der Waals surface area contributed by atoms with Crippen LogP contribution in [0.5, 0.6) is 11.6 Å². The number of hydrogen-bond acceptors (Lipinski definition) is 7. The van der Waals surface area contributed by atoms with Gasteiger partial charge in [-0.25, -0.2) is 9.37 Å². The highest BCUT2D eigenvalue weighted by Gasteiger charge is 2.33. The molecule has 2 unspecified atom stereocenters. The van der Waals surface area contributed by atoms with Crippen molar-refractivity contribution in [2.75, 3.05) is 18.0 Å². The van der Waals surface area contributed by atoms with Crippen molar-refractivity contribution in [3.8, 4) is 11.6 Å². The number of benzene rings is 1. The Morgan fingerprint density at radius 2 is 2.04 bits per heavy atom. The Morgan fingerprint density at radius 3 is 2.65 bits per heavy atom. The van der Waals surface area contributed by atoms with Crippen molar-refractivity contribution in [3.63, 3.8) is 0 Å². The summed E-state index contributed by atoms with van der Waals surface area (Å²) >= 11 is 3.15. The van der Waals surface area contributed by atoms with Crippen LogP contribution in [0.1, 0.15) is 13.8 Å². The van der Waals surface area contributed by atoms with Gasteiger partial charge in [0.2, 0.25) is 5.82 Å². The Morgan fingerprint density at radius 1 is 1.35 bits per heavy atom. The zero-order valence-electron chi connectivity index (χ0n) is 14.1. The smallest absolute Gasteiger partial charge is 0.373 e. The Hall–Kier alpha value is -2.33. The van der Waals surface area contributed by atoms with Gasteiger partial charge in [0, 0.05) is 17.6 Å². The van der Waals surface area contributed by atoms with Crippen molar-refractivity contribution >= 4 is 27.4 Å². The van der Waals surface area contributed by atoms with Crippen molar-refractivity contribution < 1.29 is 18.8 Å². The van der Waals surface area contributed by atoms with E-state index in [9.17, 15) is 14.5 Å². The van der Waals surface area contributed by atoms with Gasteiger partial charge in [-0.15, -0.1) is 0 Å². The second kappa shape index (κ2) is 7.50. The minimum atomic E-state index is -0.664. The van der Waals surface area contributed by atoms with Gasteiger partial charge in [0.05, 0.1) is 17.1 Å². The SMILES string of the molecule is CC1CN(c2ncnc(Oc3ccc(Br)cc3F)c2[N+](=O)[O-])CC(C)O1. The number of aromatic nitrogens is 2. The molecule has 0 bridgehead atoms. The Bertz CT molecular complexity index is 828. The Labute approximate surface area is 157 Å². The summed E-state index contributed by atoms with van der Waals surface area (Å²) in [6, 6.07) is 4.14. The van der Waals surface area contributed by atoms with E-state index in [-0.39, 0.29) is 29.7 Å². The first-order valence-electron chi connectivity index (χ1n) is 7.88. The van der Waals surface area contributed by atoms with E-state index in [2.05, 4.69) is 25.9 Å². The van der Waals surface area contributed by atoms with E-state index in [0.29, 0.717) is 17.6 Å². The van der Waals surface area contributed by atoms with Crippen LogP contribution in [0.4, 0.5) is 15.9 Å². The average Bonchev–Trinajstić information content (AvgIpc) is 2.56. The van der Waals surface area contributed by atoms with E-state index >= 15 is 0 Å². The molecule has 26 heavy (non-hydrogen) atoms. The van der Waals surface area contributed by atoms with E-state index in [4.69, 9.17) is 9.47 Å². The number of rotatable bonds is 4. The van der Waals surface area contributed by atoms with Crippen LogP contribution in [0.3, 0.4) is 0 Å². The normalized spacial score (nSPS) is 20.1. The monoisotopic (exact) mass is 426 g/mol. The molecule has 8 nitrogen and oxygen atoms in total. The molecular formula is C16H16BrFN4O4. The summed E-state index contributed by atoms with van der Waals surface area (Å²) in [5, 5.41) is 11.7. The topological polar surface area (TPSA) is 90.6 Å². The van der Waals surface area contributed by atoms with E-state index in [1.165, 1.54) is 18.5 Å². The third-order valence-corrected chi connectivity index (χ3v) is 4.26. The van der Waals surface area contributed by atoms with Gasteiger partial charge in [-0.05, 0) is 32.0 Å². The summed E-state index contributed by atoms with van der Waals surface area (Å²) in [6.45, 7) is 4.64. The maximum absolute atomic E-state index is 14.0. The zero-order valence-corrected chi connectivity index (χ0v) is 15.6. The van der Waals surface area contributed by atoms with Crippen LogP contribution in [0, 0.1) is 15.9 Å². The largest absolute Gasteiger partial charge is 0.430 e. The molecule has 1 aromatic heterocycles. The molecule has 10 heteroatoms. The molecule has 2 atom stereocenters. The molecule has 1 aliphatic heterocycles. The number of anilines is 1.